The van der Waals surface area contributed by atoms with Crippen molar-refractivity contribution in [3.63, 3.8) is 0 Å². The Hall–Kier alpha value is -2.43. The minimum Gasteiger partial charge on any atom is -0.325 e. The standard InChI is InChI=1S/C21H25N3O5S2/c1-15-4-3-5-16(2)23(15)31(28,29)20-12-6-17(7-13-20)22-21(25)14-30-19-10-8-18(9-11-19)24(26)27/h6-13,15-16H,3-5,14H2,1-2H3,(H,22,25). The van der Waals surface area contributed by atoms with Gasteiger partial charge in [0.2, 0.25) is 15.9 Å². The van der Waals surface area contributed by atoms with Gasteiger partial charge in [-0.1, -0.05) is 6.42 Å². The van der Waals surface area contributed by atoms with Crippen LogP contribution < -0.4 is 5.32 Å². The Morgan fingerprint density at radius 2 is 1.68 bits per heavy atom. The molecular formula is C21H25N3O5S2. The lowest BCUT2D eigenvalue weighted by molar-refractivity contribution is -0.384. The predicted octanol–water partition coefficient (Wildman–Crippen LogP) is 4.28. The summed E-state index contributed by atoms with van der Waals surface area (Å²) in [4.78, 5) is 23.4. The summed E-state index contributed by atoms with van der Waals surface area (Å²) in [6.07, 6.45) is 2.73. The zero-order valence-electron chi connectivity index (χ0n) is 17.4. The second-order valence-corrected chi connectivity index (χ2v) is 10.5. The van der Waals surface area contributed by atoms with Crippen molar-refractivity contribution in [2.45, 2.75) is 55.0 Å². The number of nitro benzene ring substituents is 1. The summed E-state index contributed by atoms with van der Waals surface area (Å²) in [5, 5.41) is 13.4. The Labute approximate surface area is 186 Å². The van der Waals surface area contributed by atoms with Crippen LogP contribution in [0.1, 0.15) is 33.1 Å². The molecule has 2 aromatic carbocycles. The summed E-state index contributed by atoms with van der Waals surface area (Å²) in [7, 11) is -3.59. The van der Waals surface area contributed by atoms with E-state index >= 15 is 0 Å². The maximum atomic E-state index is 13.1. The van der Waals surface area contributed by atoms with Crippen LogP contribution in [0.4, 0.5) is 11.4 Å². The average molecular weight is 464 g/mol. The summed E-state index contributed by atoms with van der Waals surface area (Å²) < 4.78 is 27.7. The van der Waals surface area contributed by atoms with Crippen LogP contribution in [0, 0.1) is 10.1 Å². The number of thioether (sulfide) groups is 1. The minimum absolute atomic E-state index is 0.00261. The first-order valence-corrected chi connectivity index (χ1v) is 12.4. The van der Waals surface area contributed by atoms with Gasteiger partial charge in [-0.05, 0) is 63.1 Å². The molecule has 10 heteroatoms. The zero-order valence-corrected chi connectivity index (χ0v) is 19.0. The highest BCUT2D eigenvalue weighted by Gasteiger charge is 2.35. The largest absolute Gasteiger partial charge is 0.325 e. The third-order valence-corrected chi connectivity index (χ3v) is 8.40. The molecule has 0 saturated carbocycles. The first kappa shape index (κ1) is 23.2. The van der Waals surface area contributed by atoms with E-state index in [9.17, 15) is 23.3 Å². The fourth-order valence-electron chi connectivity index (χ4n) is 3.71. The van der Waals surface area contributed by atoms with Crippen LogP contribution in [0.25, 0.3) is 0 Å². The quantitative estimate of drug-likeness (QED) is 0.373. The SMILES string of the molecule is CC1CCCC(C)N1S(=O)(=O)c1ccc(NC(=O)CSc2ccc([N+](=O)[O-])cc2)cc1. The number of carbonyl (C=O) groups is 1. The van der Waals surface area contributed by atoms with E-state index in [1.165, 1.54) is 36.0 Å². The molecule has 0 aliphatic carbocycles. The number of hydrogen-bond acceptors (Lipinski definition) is 6. The van der Waals surface area contributed by atoms with Gasteiger partial charge >= 0.3 is 0 Å². The molecule has 1 aliphatic heterocycles. The van der Waals surface area contributed by atoms with Gasteiger partial charge in [0.1, 0.15) is 0 Å². The van der Waals surface area contributed by atoms with Crippen molar-refractivity contribution in [3.8, 4) is 0 Å². The van der Waals surface area contributed by atoms with Gasteiger partial charge in [0.05, 0.1) is 15.6 Å². The summed E-state index contributed by atoms with van der Waals surface area (Å²) in [6, 6.07) is 12.1. The molecule has 8 nitrogen and oxygen atoms in total. The minimum atomic E-state index is -3.59. The number of non-ortho nitro benzene ring substituents is 1. The summed E-state index contributed by atoms with van der Waals surface area (Å²) in [5.41, 5.74) is 0.505. The number of nitrogens with zero attached hydrogens (tertiary/aromatic N) is 2. The zero-order chi connectivity index (χ0) is 22.6. The number of benzene rings is 2. The fourth-order valence-corrected chi connectivity index (χ4v) is 6.29. The van der Waals surface area contributed by atoms with Gasteiger partial charge in [0.15, 0.2) is 0 Å². The van der Waals surface area contributed by atoms with Gasteiger partial charge in [-0.15, -0.1) is 11.8 Å². The Morgan fingerprint density at radius 1 is 1.10 bits per heavy atom. The van der Waals surface area contributed by atoms with Gasteiger partial charge in [-0.25, -0.2) is 8.42 Å². The van der Waals surface area contributed by atoms with Gasteiger partial charge in [-0.3, -0.25) is 14.9 Å². The van der Waals surface area contributed by atoms with Crippen LogP contribution in [-0.2, 0) is 14.8 Å². The number of carbonyl (C=O) groups excluding carboxylic acids is 1. The lowest BCUT2D eigenvalue weighted by Crippen LogP contribution is -2.47. The number of nitrogens with one attached hydrogen (secondary N) is 1. The molecule has 1 N–H and O–H groups in total. The molecule has 1 fully saturated rings. The molecule has 0 bridgehead atoms. The monoisotopic (exact) mass is 463 g/mol. The smallest absolute Gasteiger partial charge is 0.269 e. The number of rotatable bonds is 7. The Balaban J connectivity index is 1.59. The summed E-state index contributed by atoms with van der Waals surface area (Å²) >= 11 is 1.26. The maximum Gasteiger partial charge on any atom is 0.269 e. The van der Waals surface area contributed by atoms with Crippen molar-refractivity contribution in [1.82, 2.24) is 4.31 Å². The third kappa shape index (κ3) is 5.63. The molecule has 2 atom stereocenters. The van der Waals surface area contributed by atoms with Crippen LogP contribution in [0.15, 0.2) is 58.3 Å². The van der Waals surface area contributed by atoms with Gasteiger partial charge in [0, 0.05) is 34.8 Å². The molecule has 1 heterocycles. The Morgan fingerprint density at radius 3 is 2.23 bits per heavy atom. The average Bonchev–Trinajstić information content (AvgIpc) is 2.72. The molecule has 1 amide bonds. The van der Waals surface area contributed by atoms with Gasteiger partial charge in [-0.2, -0.15) is 4.31 Å². The molecule has 1 saturated heterocycles. The molecule has 166 valence electrons. The number of amides is 1. The van der Waals surface area contributed by atoms with Crippen molar-refractivity contribution in [3.05, 3.63) is 58.6 Å². The number of hydrogen-bond donors (Lipinski definition) is 1. The second-order valence-electron chi connectivity index (χ2n) is 7.58. The van der Waals surface area contributed by atoms with E-state index in [1.807, 2.05) is 13.8 Å². The Kier molecular flexibility index (Phi) is 7.34. The first-order chi connectivity index (χ1) is 14.7. The molecule has 2 aromatic rings. The van der Waals surface area contributed by atoms with Gasteiger partial charge < -0.3 is 5.32 Å². The van der Waals surface area contributed by atoms with Crippen LogP contribution >= 0.6 is 11.8 Å². The topological polar surface area (TPSA) is 110 Å². The lowest BCUT2D eigenvalue weighted by Gasteiger charge is -2.37. The normalized spacial score (nSPS) is 19.7. The molecule has 1 aliphatic rings. The number of sulfonamides is 1. The van der Waals surface area contributed by atoms with E-state index in [2.05, 4.69) is 5.32 Å². The van der Waals surface area contributed by atoms with Crippen molar-refractivity contribution >= 4 is 39.1 Å². The molecule has 0 spiro atoms. The van der Waals surface area contributed by atoms with Crippen LogP contribution in [0.3, 0.4) is 0 Å². The molecule has 3 rings (SSSR count). The highest BCUT2D eigenvalue weighted by molar-refractivity contribution is 8.00. The van der Waals surface area contributed by atoms with E-state index in [0.29, 0.717) is 5.69 Å². The Bertz CT molecular complexity index is 1030. The van der Waals surface area contributed by atoms with Crippen molar-refractivity contribution in [1.29, 1.82) is 0 Å². The third-order valence-electron chi connectivity index (χ3n) is 5.24. The highest BCUT2D eigenvalue weighted by atomic mass is 32.2. The van der Waals surface area contributed by atoms with Crippen molar-refractivity contribution in [2.75, 3.05) is 11.1 Å². The van der Waals surface area contributed by atoms with E-state index in [-0.39, 0.29) is 34.3 Å². The van der Waals surface area contributed by atoms with E-state index in [0.717, 1.165) is 24.2 Å². The molecule has 2 unspecified atom stereocenters. The van der Waals surface area contributed by atoms with E-state index in [1.54, 1.807) is 28.6 Å². The van der Waals surface area contributed by atoms with Crippen LogP contribution in [0.2, 0.25) is 0 Å². The van der Waals surface area contributed by atoms with Crippen molar-refractivity contribution < 1.29 is 18.1 Å². The predicted molar refractivity (Wildman–Crippen MR) is 121 cm³/mol. The van der Waals surface area contributed by atoms with Crippen LogP contribution in [-0.4, -0.2) is 41.4 Å². The number of piperidine rings is 1. The lowest BCUT2D eigenvalue weighted by atomic mass is 10.0. The fraction of sp³-hybridized carbons (Fsp3) is 0.381. The summed E-state index contributed by atoms with van der Waals surface area (Å²) in [6.45, 7) is 3.87. The summed E-state index contributed by atoms with van der Waals surface area (Å²) in [5.74, 6) is -0.127. The second kappa shape index (κ2) is 9.80. The van der Waals surface area contributed by atoms with Gasteiger partial charge in [0.25, 0.3) is 5.69 Å². The van der Waals surface area contributed by atoms with E-state index in [4.69, 9.17) is 0 Å². The molecule has 31 heavy (non-hydrogen) atoms. The highest BCUT2D eigenvalue weighted by Crippen LogP contribution is 2.30. The number of nitro groups is 1. The molecular weight excluding hydrogens is 438 g/mol. The van der Waals surface area contributed by atoms with Crippen LogP contribution in [0.5, 0.6) is 0 Å². The molecule has 0 radical (unpaired) electrons. The number of anilines is 1. The van der Waals surface area contributed by atoms with E-state index < -0.39 is 14.9 Å². The first-order valence-electron chi connectivity index (χ1n) is 9.99. The van der Waals surface area contributed by atoms with Crippen molar-refractivity contribution in [2.24, 2.45) is 0 Å². The maximum absolute atomic E-state index is 13.1. The molecule has 0 aromatic heterocycles.